The molecule has 1 aromatic carbocycles. The Bertz CT molecular complexity index is 605. The predicted octanol–water partition coefficient (Wildman–Crippen LogP) is 3.16. The molecule has 0 saturated heterocycles. The fraction of sp³-hybridized carbons (Fsp3) is 0.467. The van der Waals surface area contributed by atoms with Gasteiger partial charge in [0, 0.05) is 12.0 Å². The molecule has 1 aliphatic carbocycles. The SMILES string of the molecule is CC(C)(C)OC(=O)C1(C(F)F)Cc2ccc(F)cc2C1=O. The van der Waals surface area contributed by atoms with Gasteiger partial charge in [-0.05, 0) is 38.5 Å². The van der Waals surface area contributed by atoms with Crippen LogP contribution in [0.25, 0.3) is 0 Å². The van der Waals surface area contributed by atoms with E-state index in [-0.39, 0.29) is 11.1 Å². The molecule has 1 atom stereocenters. The number of hydrogen-bond donors (Lipinski definition) is 0. The fourth-order valence-electron chi connectivity index (χ4n) is 2.33. The Morgan fingerprint density at radius 3 is 2.48 bits per heavy atom. The van der Waals surface area contributed by atoms with Crippen LogP contribution in [0, 0.1) is 11.2 Å². The highest BCUT2D eigenvalue weighted by atomic mass is 19.3. The van der Waals surface area contributed by atoms with Crippen molar-refractivity contribution in [2.24, 2.45) is 5.41 Å². The lowest BCUT2D eigenvalue weighted by Crippen LogP contribution is -2.47. The summed E-state index contributed by atoms with van der Waals surface area (Å²) in [6.45, 7) is 4.57. The molecule has 114 valence electrons. The van der Waals surface area contributed by atoms with Gasteiger partial charge in [0.05, 0.1) is 0 Å². The van der Waals surface area contributed by atoms with Crippen molar-refractivity contribution >= 4 is 11.8 Å². The van der Waals surface area contributed by atoms with E-state index in [4.69, 9.17) is 4.74 Å². The van der Waals surface area contributed by atoms with E-state index in [2.05, 4.69) is 0 Å². The van der Waals surface area contributed by atoms with Crippen molar-refractivity contribution in [2.45, 2.75) is 39.2 Å². The highest BCUT2D eigenvalue weighted by Gasteiger charge is 2.60. The van der Waals surface area contributed by atoms with E-state index in [1.54, 1.807) is 0 Å². The zero-order valence-corrected chi connectivity index (χ0v) is 11.9. The topological polar surface area (TPSA) is 43.4 Å². The van der Waals surface area contributed by atoms with Crippen molar-refractivity contribution in [3.05, 3.63) is 35.1 Å². The zero-order valence-electron chi connectivity index (χ0n) is 11.9. The number of carbonyl (C=O) groups is 2. The van der Waals surface area contributed by atoms with Gasteiger partial charge >= 0.3 is 5.97 Å². The second-order valence-corrected chi connectivity index (χ2v) is 6.08. The minimum Gasteiger partial charge on any atom is -0.459 e. The minimum atomic E-state index is -3.23. The maximum Gasteiger partial charge on any atom is 0.326 e. The van der Waals surface area contributed by atoms with Crippen LogP contribution in [0.3, 0.4) is 0 Å². The number of hydrogen-bond acceptors (Lipinski definition) is 3. The van der Waals surface area contributed by atoms with Crippen molar-refractivity contribution in [3.63, 3.8) is 0 Å². The summed E-state index contributed by atoms with van der Waals surface area (Å²) in [5.74, 6) is -3.07. The lowest BCUT2D eigenvalue weighted by Gasteiger charge is -2.29. The molecule has 0 radical (unpaired) electrons. The molecule has 0 fully saturated rings. The van der Waals surface area contributed by atoms with Crippen LogP contribution in [-0.2, 0) is 16.0 Å². The largest absolute Gasteiger partial charge is 0.459 e. The molecule has 0 heterocycles. The third kappa shape index (κ3) is 2.54. The maximum atomic E-state index is 13.5. The van der Waals surface area contributed by atoms with E-state index in [1.165, 1.54) is 26.8 Å². The van der Waals surface area contributed by atoms with E-state index in [0.29, 0.717) is 0 Å². The summed E-state index contributed by atoms with van der Waals surface area (Å²) in [4.78, 5) is 24.5. The van der Waals surface area contributed by atoms with Crippen LogP contribution >= 0.6 is 0 Å². The number of halogens is 3. The summed E-state index contributed by atoms with van der Waals surface area (Å²) < 4.78 is 45.2. The van der Waals surface area contributed by atoms with Crippen LogP contribution in [0.1, 0.15) is 36.7 Å². The van der Waals surface area contributed by atoms with Gasteiger partial charge in [-0.25, -0.2) is 13.2 Å². The summed E-state index contributed by atoms with van der Waals surface area (Å²) in [5.41, 5.74) is -3.53. The van der Waals surface area contributed by atoms with Crippen molar-refractivity contribution in [1.82, 2.24) is 0 Å². The molecule has 0 aromatic heterocycles. The number of rotatable bonds is 2. The van der Waals surface area contributed by atoms with Gasteiger partial charge < -0.3 is 4.74 Å². The molecule has 0 saturated carbocycles. The van der Waals surface area contributed by atoms with E-state index in [0.717, 1.165) is 12.1 Å². The third-order valence-corrected chi connectivity index (χ3v) is 3.33. The average molecular weight is 300 g/mol. The van der Waals surface area contributed by atoms with Gasteiger partial charge in [0.15, 0.2) is 11.2 Å². The Hall–Kier alpha value is -1.85. The Balaban J connectivity index is 2.48. The number of Topliss-reactive ketones (excluding diaryl/α,β-unsaturated/α-hetero) is 1. The van der Waals surface area contributed by atoms with Gasteiger partial charge in [0.25, 0.3) is 6.43 Å². The zero-order chi connectivity index (χ0) is 16.0. The first-order valence-electron chi connectivity index (χ1n) is 6.43. The molecule has 3 nitrogen and oxygen atoms in total. The molecule has 21 heavy (non-hydrogen) atoms. The number of benzene rings is 1. The van der Waals surface area contributed by atoms with Crippen LogP contribution in [0.2, 0.25) is 0 Å². The number of esters is 1. The quantitative estimate of drug-likeness (QED) is 0.622. The molecule has 1 aliphatic rings. The highest BCUT2D eigenvalue weighted by molar-refractivity contribution is 6.16. The number of alkyl halides is 2. The molecule has 0 spiro atoms. The molecule has 6 heteroatoms. The first kappa shape index (κ1) is 15.5. The van der Waals surface area contributed by atoms with Crippen molar-refractivity contribution in [3.8, 4) is 0 Å². The Labute approximate surface area is 120 Å². The first-order chi connectivity index (χ1) is 9.58. The molecule has 1 unspecified atom stereocenters. The number of carbonyl (C=O) groups excluding carboxylic acids is 2. The molecule has 1 aromatic rings. The maximum absolute atomic E-state index is 13.5. The predicted molar refractivity (Wildman–Crippen MR) is 68.7 cm³/mol. The number of fused-ring (bicyclic) bond motifs is 1. The molecule has 0 N–H and O–H groups in total. The van der Waals surface area contributed by atoms with Gasteiger partial charge in [0.2, 0.25) is 0 Å². The van der Waals surface area contributed by atoms with Crippen LogP contribution < -0.4 is 0 Å². The second kappa shape index (κ2) is 4.86. The normalized spacial score (nSPS) is 21.6. The Kier molecular flexibility index (Phi) is 3.59. The van der Waals surface area contributed by atoms with Crippen LogP contribution in [0.4, 0.5) is 13.2 Å². The average Bonchev–Trinajstić information content (AvgIpc) is 2.62. The molecule has 0 bridgehead atoms. The van der Waals surface area contributed by atoms with Gasteiger partial charge in [0.1, 0.15) is 11.4 Å². The molecule has 0 amide bonds. The molecule has 0 aliphatic heterocycles. The van der Waals surface area contributed by atoms with Crippen molar-refractivity contribution in [2.75, 3.05) is 0 Å². The van der Waals surface area contributed by atoms with Crippen LogP contribution in [0.15, 0.2) is 18.2 Å². The summed E-state index contributed by atoms with van der Waals surface area (Å²) in [5, 5.41) is 0. The number of ether oxygens (including phenoxy) is 1. The van der Waals surface area contributed by atoms with Gasteiger partial charge in [-0.2, -0.15) is 0 Å². The summed E-state index contributed by atoms with van der Waals surface area (Å²) in [7, 11) is 0. The van der Waals surface area contributed by atoms with E-state index < -0.39 is 41.4 Å². The third-order valence-electron chi connectivity index (χ3n) is 3.33. The summed E-state index contributed by atoms with van der Waals surface area (Å²) in [6.07, 6.45) is -3.70. The van der Waals surface area contributed by atoms with Crippen molar-refractivity contribution in [1.29, 1.82) is 0 Å². The van der Waals surface area contributed by atoms with E-state index in [1.807, 2.05) is 0 Å². The van der Waals surface area contributed by atoms with Crippen LogP contribution in [-0.4, -0.2) is 23.8 Å². The molecular weight excluding hydrogens is 285 g/mol. The minimum absolute atomic E-state index is 0.179. The number of ketones is 1. The van der Waals surface area contributed by atoms with E-state index >= 15 is 0 Å². The van der Waals surface area contributed by atoms with Crippen molar-refractivity contribution < 1.29 is 27.5 Å². The van der Waals surface area contributed by atoms with Gasteiger partial charge in [-0.1, -0.05) is 6.07 Å². The monoisotopic (exact) mass is 300 g/mol. The second-order valence-electron chi connectivity index (χ2n) is 6.08. The summed E-state index contributed by atoms with van der Waals surface area (Å²) in [6, 6.07) is 3.20. The Morgan fingerprint density at radius 2 is 1.95 bits per heavy atom. The molecule has 2 rings (SSSR count). The molecular formula is C15H15F3O3. The van der Waals surface area contributed by atoms with Gasteiger partial charge in [-0.3, -0.25) is 9.59 Å². The lowest BCUT2D eigenvalue weighted by molar-refractivity contribution is -0.171. The highest BCUT2D eigenvalue weighted by Crippen LogP contribution is 2.43. The smallest absolute Gasteiger partial charge is 0.326 e. The lowest BCUT2D eigenvalue weighted by atomic mass is 9.84. The Morgan fingerprint density at radius 1 is 1.33 bits per heavy atom. The van der Waals surface area contributed by atoms with Crippen LogP contribution in [0.5, 0.6) is 0 Å². The van der Waals surface area contributed by atoms with E-state index in [9.17, 15) is 22.8 Å². The standard InChI is InChI=1S/C15H15F3O3/c1-14(2,3)21-13(20)15(12(17)18)7-8-4-5-9(16)6-10(8)11(15)19/h4-6,12H,7H2,1-3H3. The van der Waals surface area contributed by atoms with Gasteiger partial charge in [-0.15, -0.1) is 0 Å². The fourth-order valence-corrected chi connectivity index (χ4v) is 2.33. The summed E-state index contributed by atoms with van der Waals surface area (Å²) >= 11 is 0. The first-order valence-corrected chi connectivity index (χ1v) is 6.43.